The SMILES string of the molecule is Cc1c(Cl)nc(NCCc2cccc(CN(C)C(=O)C(F)(F)F)c2)c(=O)n1CC(=O)OCc1ccccc1. The summed E-state index contributed by atoms with van der Waals surface area (Å²) in [5.41, 5.74) is 1.86. The number of rotatable bonds is 10. The van der Waals surface area contributed by atoms with Gasteiger partial charge >= 0.3 is 18.1 Å². The van der Waals surface area contributed by atoms with Gasteiger partial charge in [0.2, 0.25) is 0 Å². The molecular formula is C26H26ClF3N4O4. The van der Waals surface area contributed by atoms with Crippen LogP contribution in [0.3, 0.4) is 0 Å². The second-order valence-electron chi connectivity index (χ2n) is 8.53. The maximum atomic E-state index is 13.0. The third-order valence-electron chi connectivity index (χ3n) is 5.60. The highest BCUT2D eigenvalue weighted by atomic mass is 35.5. The molecule has 1 amide bonds. The van der Waals surface area contributed by atoms with Crippen molar-refractivity contribution < 1.29 is 27.5 Å². The number of halogens is 4. The number of aromatic nitrogens is 2. The molecule has 0 saturated carbocycles. The maximum Gasteiger partial charge on any atom is 0.471 e. The van der Waals surface area contributed by atoms with Crippen LogP contribution in [-0.4, -0.2) is 46.1 Å². The zero-order valence-corrected chi connectivity index (χ0v) is 21.5. The molecule has 0 atom stereocenters. The number of ether oxygens (including phenoxy) is 1. The molecular weight excluding hydrogens is 525 g/mol. The molecule has 1 aromatic heterocycles. The van der Waals surface area contributed by atoms with Crippen molar-refractivity contribution in [1.29, 1.82) is 0 Å². The van der Waals surface area contributed by atoms with E-state index in [2.05, 4.69) is 10.3 Å². The van der Waals surface area contributed by atoms with Crippen molar-refractivity contribution >= 4 is 29.3 Å². The molecule has 0 radical (unpaired) electrons. The van der Waals surface area contributed by atoms with Crippen molar-refractivity contribution in [3.05, 3.63) is 92.5 Å². The van der Waals surface area contributed by atoms with Crippen LogP contribution in [0.2, 0.25) is 5.15 Å². The van der Waals surface area contributed by atoms with E-state index in [1.807, 2.05) is 30.3 Å². The van der Waals surface area contributed by atoms with Crippen molar-refractivity contribution in [3.8, 4) is 0 Å². The van der Waals surface area contributed by atoms with Crippen LogP contribution < -0.4 is 10.9 Å². The predicted octanol–water partition coefficient (Wildman–Crippen LogP) is 4.12. The average Bonchev–Trinajstić information content (AvgIpc) is 2.88. The lowest BCUT2D eigenvalue weighted by molar-refractivity contribution is -0.184. The Bertz CT molecular complexity index is 1350. The summed E-state index contributed by atoms with van der Waals surface area (Å²) in [4.78, 5) is 41.4. The van der Waals surface area contributed by atoms with E-state index in [9.17, 15) is 27.6 Å². The molecule has 0 spiro atoms. The van der Waals surface area contributed by atoms with Crippen molar-refractivity contribution in [2.24, 2.45) is 0 Å². The molecule has 0 aliphatic carbocycles. The van der Waals surface area contributed by atoms with Gasteiger partial charge in [-0.25, -0.2) is 4.98 Å². The minimum Gasteiger partial charge on any atom is -0.459 e. The number of carbonyl (C=O) groups excluding carboxylic acids is 2. The molecule has 8 nitrogen and oxygen atoms in total. The zero-order valence-electron chi connectivity index (χ0n) is 20.7. The summed E-state index contributed by atoms with van der Waals surface area (Å²) in [5.74, 6) is -2.59. The van der Waals surface area contributed by atoms with Gasteiger partial charge in [0.05, 0.1) is 5.69 Å². The van der Waals surface area contributed by atoms with Crippen LogP contribution in [0.1, 0.15) is 22.4 Å². The van der Waals surface area contributed by atoms with Gasteiger partial charge in [0, 0.05) is 20.1 Å². The van der Waals surface area contributed by atoms with Crippen molar-refractivity contribution in [2.75, 3.05) is 18.9 Å². The molecule has 1 heterocycles. The number of carbonyl (C=O) groups is 2. The maximum absolute atomic E-state index is 13.0. The van der Waals surface area contributed by atoms with Crippen molar-refractivity contribution in [3.63, 3.8) is 0 Å². The molecule has 0 saturated heterocycles. The van der Waals surface area contributed by atoms with Gasteiger partial charge in [-0.05, 0) is 30.0 Å². The molecule has 0 aliphatic heterocycles. The van der Waals surface area contributed by atoms with Gasteiger partial charge in [-0.3, -0.25) is 19.0 Å². The fraction of sp³-hybridized carbons (Fsp3) is 0.308. The number of hydrogen-bond acceptors (Lipinski definition) is 6. The molecule has 0 fully saturated rings. The van der Waals surface area contributed by atoms with Gasteiger partial charge in [-0.2, -0.15) is 13.2 Å². The lowest BCUT2D eigenvalue weighted by Gasteiger charge is -2.19. The van der Waals surface area contributed by atoms with E-state index in [-0.39, 0.29) is 37.2 Å². The van der Waals surface area contributed by atoms with E-state index >= 15 is 0 Å². The van der Waals surface area contributed by atoms with Crippen LogP contribution in [0.5, 0.6) is 0 Å². The largest absolute Gasteiger partial charge is 0.471 e. The number of esters is 1. The second kappa shape index (κ2) is 12.6. The monoisotopic (exact) mass is 550 g/mol. The standard InChI is InChI=1S/C26H26ClF3N4O4/c1-17-22(27)32-23(24(36)34(17)15-21(35)38-16-19-7-4-3-5-8-19)31-12-11-18-9-6-10-20(13-18)14-33(2)25(37)26(28,29)30/h3-10,13H,11-12,14-16H2,1-2H3,(H,31,32). The molecule has 3 rings (SSSR count). The summed E-state index contributed by atoms with van der Waals surface area (Å²) >= 11 is 6.19. The van der Waals surface area contributed by atoms with Crippen LogP contribution in [0.25, 0.3) is 0 Å². The van der Waals surface area contributed by atoms with E-state index in [1.54, 1.807) is 31.2 Å². The Morgan fingerprint density at radius 2 is 1.74 bits per heavy atom. The first-order valence-electron chi connectivity index (χ1n) is 11.6. The number of benzene rings is 2. The van der Waals surface area contributed by atoms with Crippen LogP contribution >= 0.6 is 11.6 Å². The van der Waals surface area contributed by atoms with Gasteiger partial charge in [0.15, 0.2) is 11.0 Å². The molecule has 202 valence electrons. The van der Waals surface area contributed by atoms with Gasteiger partial charge in [-0.15, -0.1) is 0 Å². The highest BCUT2D eigenvalue weighted by Gasteiger charge is 2.41. The minimum absolute atomic E-state index is 0.0438. The van der Waals surface area contributed by atoms with Crippen molar-refractivity contribution in [1.82, 2.24) is 14.5 Å². The quantitative estimate of drug-likeness (QED) is 0.382. The Labute approximate surface area is 222 Å². The minimum atomic E-state index is -4.94. The summed E-state index contributed by atoms with van der Waals surface area (Å²) < 4.78 is 44.3. The number of nitrogens with zero attached hydrogens (tertiary/aromatic N) is 3. The number of amides is 1. The lowest BCUT2D eigenvalue weighted by Crippen LogP contribution is -2.37. The topological polar surface area (TPSA) is 93.5 Å². The third-order valence-corrected chi connectivity index (χ3v) is 5.96. The van der Waals surface area contributed by atoms with Crippen LogP contribution in [0.4, 0.5) is 19.0 Å². The second-order valence-corrected chi connectivity index (χ2v) is 8.89. The highest BCUT2D eigenvalue weighted by Crippen LogP contribution is 2.19. The van der Waals surface area contributed by atoms with Crippen LogP contribution in [0.15, 0.2) is 59.4 Å². The summed E-state index contributed by atoms with van der Waals surface area (Å²) in [7, 11) is 1.08. The van der Waals surface area contributed by atoms with E-state index < -0.39 is 23.6 Å². The van der Waals surface area contributed by atoms with E-state index in [0.717, 1.165) is 18.2 Å². The zero-order chi connectivity index (χ0) is 27.9. The summed E-state index contributed by atoms with van der Waals surface area (Å²) in [5, 5.41) is 2.95. The van der Waals surface area contributed by atoms with Gasteiger partial charge in [0.25, 0.3) is 5.56 Å². The summed E-state index contributed by atoms with van der Waals surface area (Å²) in [6.45, 7) is 1.33. The first-order valence-corrected chi connectivity index (χ1v) is 11.9. The normalized spacial score (nSPS) is 11.2. The molecule has 3 aromatic rings. The molecule has 2 aromatic carbocycles. The van der Waals surface area contributed by atoms with Crippen LogP contribution in [0, 0.1) is 6.92 Å². The predicted molar refractivity (Wildman–Crippen MR) is 136 cm³/mol. The van der Waals surface area contributed by atoms with E-state index in [4.69, 9.17) is 16.3 Å². The van der Waals surface area contributed by atoms with Crippen molar-refractivity contribution in [2.45, 2.75) is 39.2 Å². The Hall–Kier alpha value is -3.86. The lowest BCUT2D eigenvalue weighted by atomic mass is 10.1. The molecule has 1 N–H and O–H groups in total. The molecule has 0 unspecified atom stereocenters. The Kier molecular flexibility index (Phi) is 9.51. The summed E-state index contributed by atoms with van der Waals surface area (Å²) in [6.07, 6.45) is -4.54. The molecule has 0 bridgehead atoms. The number of anilines is 1. The number of hydrogen-bond donors (Lipinski definition) is 1. The fourth-order valence-electron chi connectivity index (χ4n) is 3.61. The average molecular weight is 551 g/mol. The van der Waals surface area contributed by atoms with Gasteiger partial charge in [-0.1, -0.05) is 66.2 Å². The molecule has 38 heavy (non-hydrogen) atoms. The van der Waals surface area contributed by atoms with Gasteiger partial charge in [0.1, 0.15) is 13.2 Å². The Morgan fingerprint density at radius 1 is 1.08 bits per heavy atom. The number of alkyl halides is 3. The first kappa shape index (κ1) is 28.7. The Balaban J connectivity index is 1.62. The first-order chi connectivity index (χ1) is 18.0. The fourth-order valence-corrected chi connectivity index (χ4v) is 3.79. The highest BCUT2D eigenvalue weighted by molar-refractivity contribution is 6.30. The van der Waals surface area contributed by atoms with E-state index in [1.165, 1.54) is 4.57 Å². The van der Waals surface area contributed by atoms with Gasteiger partial charge < -0.3 is 15.0 Å². The third kappa shape index (κ3) is 7.82. The smallest absolute Gasteiger partial charge is 0.459 e. The molecule has 0 aliphatic rings. The Morgan fingerprint density at radius 3 is 2.42 bits per heavy atom. The van der Waals surface area contributed by atoms with E-state index in [0.29, 0.717) is 22.6 Å². The number of nitrogens with one attached hydrogen (secondary N) is 1. The summed E-state index contributed by atoms with van der Waals surface area (Å²) in [6, 6.07) is 15.9. The molecule has 12 heteroatoms. The van der Waals surface area contributed by atoms with Crippen LogP contribution in [-0.2, 0) is 40.4 Å².